The molecule has 2 aromatic rings. The number of carbonyl (C=O) groups is 1. The monoisotopic (exact) mass is 337 g/mol. The Labute approximate surface area is 149 Å². The Kier molecular flexibility index (Phi) is 4.36. The second-order valence-electron chi connectivity index (χ2n) is 7.67. The molecule has 0 unspecified atom stereocenters. The van der Waals surface area contributed by atoms with Crippen LogP contribution in [-0.4, -0.2) is 33.7 Å². The molecular formula is C21H27N3O. The first-order valence-electron chi connectivity index (χ1n) is 9.64. The molecule has 132 valence electrons. The molecule has 1 aliphatic heterocycles. The smallest absolute Gasteiger partial charge is 0.257 e. The van der Waals surface area contributed by atoms with Crippen LogP contribution in [0.3, 0.4) is 0 Å². The fourth-order valence-corrected chi connectivity index (χ4v) is 3.86. The standard InChI is InChI=1S/C21H27N3O/c1-15(2)20-18(21(25)23-13-7-4-8-14-23)19(16-11-12-16)22-24(20)17-9-5-3-6-10-17/h3,5-6,9-10,15-16H,4,7-8,11-14H2,1-2H3. The van der Waals surface area contributed by atoms with Crippen molar-refractivity contribution >= 4 is 5.91 Å². The highest BCUT2D eigenvalue weighted by molar-refractivity contribution is 5.97. The molecule has 25 heavy (non-hydrogen) atoms. The predicted octanol–water partition coefficient (Wildman–Crippen LogP) is 4.50. The van der Waals surface area contributed by atoms with Gasteiger partial charge in [-0.2, -0.15) is 5.10 Å². The molecule has 1 aromatic heterocycles. The second-order valence-corrected chi connectivity index (χ2v) is 7.67. The van der Waals surface area contributed by atoms with Gasteiger partial charge in [0, 0.05) is 19.0 Å². The molecular weight excluding hydrogens is 310 g/mol. The summed E-state index contributed by atoms with van der Waals surface area (Å²) >= 11 is 0. The number of benzene rings is 1. The SMILES string of the molecule is CC(C)c1c(C(=O)N2CCCCC2)c(C2CC2)nn1-c1ccccc1. The number of piperidine rings is 1. The zero-order valence-electron chi connectivity index (χ0n) is 15.2. The van der Waals surface area contributed by atoms with Gasteiger partial charge in [-0.3, -0.25) is 4.79 Å². The van der Waals surface area contributed by atoms with E-state index in [0.29, 0.717) is 5.92 Å². The van der Waals surface area contributed by atoms with Crippen LogP contribution in [0.2, 0.25) is 0 Å². The first kappa shape index (κ1) is 16.4. The van der Waals surface area contributed by atoms with E-state index in [4.69, 9.17) is 5.10 Å². The molecule has 0 N–H and O–H groups in total. The molecule has 1 saturated heterocycles. The molecule has 1 saturated carbocycles. The first-order chi connectivity index (χ1) is 12.2. The van der Waals surface area contributed by atoms with Crippen molar-refractivity contribution in [1.82, 2.24) is 14.7 Å². The van der Waals surface area contributed by atoms with E-state index in [-0.39, 0.29) is 11.8 Å². The minimum atomic E-state index is 0.201. The second kappa shape index (κ2) is 6.66. The Morgan fingerprint density at radius 2 is 1.76 bits per heavy atom. The normalized spacial score (nSPS) is 18.0. The molecule has 0 atom stereocenters. The molecule has 4 heteroatoms. The quantitative estimate of drug-likeness (QED) is 0.824. The Morgan fingerprint density at radius 3 is 2.36 bits per heavy atom. The van der Waals surface area contributed by atoms with Crippen LogP contribution < -0.4 is 0 Å². The van der Waals surface area contributed by atoms with Gasteiger partial charge < -0.3 is 4.90 Å². The van der Waals surface area contributed by atoms with Crippen molar-refractivity contribution in [2.24, 2.45) is 0 Å². The third kappa shape index (κ3) is 3.10. The fraction of sp³-hybridized carbons (Fsp3) is 0.524. The highest BCUT2D eigenvalue weighted by atomic mass is 16.2. The number of para-hydroxylation sites is 1. The van der Waals surface area contributed by atoms with Crippen LogP contribution in [0.5, 0.6) is 0 Å². The molecule has 1 aliphatic carbocycles. The van der Waals surface area contributed by atoms with Gasteiger partial charge in [0.05, 0.1) is 22.6 Å². The molecule has 0 bridgehead atoms. The molecule has 0 spiro atoms. The van der Waals surface area contributed by atoms with E-state index < -0.39 is 0 Å². The summed E-state index contributed by atoms with van der Waals surface area (Å²) in [4.78, 5) is 15.4. The number of likely N-dealkylation sites (tertiary alicyclic amines) is 1. The van der Waals surface area contributed by atoms with E-state index in [1.807, 2.05) is 27.8 Å². The van der Waals surface area contributed by atoms with Gasteiger partial charge in [0.25, 0.3) is 5.91 Å². The van der Waals surface area contributed by atoms with E-state index >= 15 is 0 Å². The summed E-state index contributed by atoms with van der Waals surface area (Å²) in [5.74, 6) is 0.919. The van der Waals surface area contributed by atoms with E-state index in [1.165, 1.54) is 6.42 Å². The maximum absolute atomic E-state index is 13.4. The number of hydrogen-bond acceptors (Lipinski definition) is 2. The summed E-state index contributed by atoms with van der Waals surface area (Å²) < 4.78 is 2.02. The highest BCUT2D eigenvalue weighted by Gasteiger charge is 2.37. The van der Waals surface area contributed by atoms with Crippen LogP contribution in [-0.2, 0) is 0 Å². The van der Waals surface area contributed by atoms with Gasteiger partial charge in [0.15, 0.2) is 0 Å². The molecule has 0 radical (unpaired) electrons. The first-order valence-corrected chi connectivity index (χ1v) is 9.64. The van der Waals surface area contributed by atoms with Crippen molar-refractivity contribution in [3.63, 3.8) is 0 Å². The molecule has 2 fully saturated rings. The Balaban J connectivity index is 1.83. The number of amides is 1. The summed E-state index contributed by atoms with van der Waals surface area (Å²) in [7, 11) is 0. The lowest BCUT2D eigenvalue weighted by molar-refractivity contribution is 0.0721. The molecule has 2 heterocycles. The maximum atomic E-state index is 13.4. The predicted molar refractivity (Wildman–Crippen MR) is 99.4 cm³/mol. The van der Waals surface area contributed by atoms with Crippen molar-refractivity contribution < 1.29 is 4.79 Å². The summed E-state index contributed by atoms with van der Waals surface area (Å²) in [6.45, 7) is 6.11. The minimum absolute atomic E-state index is 0.201. The van der Waals surface area contributed by atoms with Gasteiger partial charge in [-0.15, -0.1) is 0 Å². The van der Waals surface area contributed by atoms with Crippen LogP contribution in [0.1, 0.15) is 79.5 Å². The van der Waals surface area contributed by atoms with E-state index in [1.54, 1.807) is 0 Å². The average molecular weight is 337 g/mol. The van der Waals surface area contributed by atoms with Crippen LogP contribution in [0.15, 0.2) is 30.3 Å². The van der Waals surface area contributed by atoms with Gasteiger partial charge in [-0.1, -0.05) is 32.0 Å². The minimum Gasteiger partial charge on any atom is -0.339 e. The Bertz CT molecular complexity index is 753. The fourth-order valence-electron chi connectivity index (χ4n) is 3.86. The van der Waals surface area contributed by atoms with Crippen molar-refractivity contribution in [2.75, 3.05) is 13.1 Å². The average Bonchev–Trinajstić information content (AvgIpc) is 3.41. The Hall–Kier alpha value is -2.10. The lowest BCUT2D eigenvalue weighted by Crippen LogP contribution is -2.36. The molecule has 4 nitrogen and oxygen atoms in total. The lowest BCUT2D eigenvalue weighted by atomic mass is 9.99. The summed E-state index contributed by atoms with van der Waals surface area (Å²) in [5, 5.41) is 4.95. The zero-order chi connectivity index (χ0) is 17.4. The van der Waals surface area contributed by atoms with Gasteiger partial charge >= 0.3 is 0 Å². The zero-order valence-corrected chi connectivity index (χ0v) is 15.2. The van der Waals surface area contributed by atoms with Crippen LogP contribution in [0, 0.1) is 0 Å². The van der Waals surface area contributed by atoms with Crippen molar-refractivity contribution in [3.05, 3.63) is 47.3 Å². The molecule has 4 rings (SSSR count). The number of hydrogen-bond donors (Lipinski definition) is 0. The van der Waals surface area contributed by atoms with Gasteiger partial charge in [0.1, 0.15) is 0 Å². The van der Waals surface area contributed by atoms with Crippen molar-refractivity contribution in [2.45, 2.75) is 57.8 Å². The highest BCUT2D eigenvalue weighted by Crippen LogP contribution is 2.43. The summed E-state index contributed by atoms with van der Waals surface area (Å²) in [6.07, 6.45) is 5.79. The van der Waals surface area contributed by atoms with Crippen molar-refractivity contribution in [1.29, 1.82) is 0 Å². The van der Waals surface area contributed by atoms with E-state index in [9.17, 15) is 4.79 Å². The topological polar surface area (TPSA) is 38.1 Å². The number of nitrogens with zero attached hydrogens (tertiary/aromatic N) is 3. The van der Waals surface area contributed by atoms with Crippen LogP contribution >= 0.6 is 0 Å². The summed E-state index contributed by atoms with van der Waals surface area (Å²) in [5.41, 5.74) is 4.04. The number of rotatable bonds is 4. The lowest BCUT2D eigenvalue weighted by Gasteiger charge is -2.27. The van der Waals surface area contributed by atoms with Crippen molar-refractivity contribution in [3.8, 4) is 5.69 Å². The summed E-state index contributed by atoms with van der Waals surface area (Å²) in [6, 6.07) is 10.2. The van der Waals surface area contributed by atoms with Crippen LogP contribution in [0.25, 0.3) is 5.69 Å². The number of carbonyl (C=O) groups excluding carboxylic acids is 1. The Morgan fingerprint density at radius 1 is 1.08 bits per heavy atom. The van der Waals surface area contributed by atoms with Crippen LogP contribution in [0.4, 0.5) is 0 Å². The van der Waals surface area contributed by atoms with E-state index in [0.717, 1.165) is 61.4 Å². The third-order valence-electron chi connectivity index (χ3n) is 5.32. The largest absolute Gasteiger partial charge is 0.339 e. The van der Waals surface area contributed by atoms with E-state index in [2.05, 4.69) is 26.0 Å². The maximum Gasteiger partial charge on any atom is 0.257 e. The molecule has 2 aliphatic rings. The molecule has 1 aromatic carbocycles. The van der Waals surface area contributed by atoms with Gasteiger partial charge in [-0.05, 0) is 50.2 Å². The number of aromatic nitrogens is 2. The third-order valence-corrected chi connectivity index (χ3v) is 5.32. The van der Waals surface area contributed by atoms with Gasteiger partial charge in [0.2, 0.25) is 0 Å². The molecule has 1 amide bonds. The van der Waals surface area contributed by atoms with Gasteiger partial charge in [-0.25, -0.2) is 4.68 Å².